The molecule has 1 aromatic carbocycles. The Morgan fingerprint density at radius 1 is 1.17 bits per heavy atom. The molecule has 0 bridgehead atoms. The van der Waals surface area contributed by atoms with Crippen LogP contribution < -0.4 is 0 Å². The van der Waals surface area contributed by atoms with E-state index in [0.717, 1.165) is 29.7 Å². The van der Waals surface area contributed by atoms with Crippen LogP contribution in [0, 0.1) is 5.82 Å². The standard InChI is InChI=1S/C17H14ClFN4/c1-23-17(20-9-21-23)14-8-12(19)4-5-13(14)11-6-15(10-2-3-10)22-16(18)7-11/h4-10H,2-3H2,1H3. The van der Waals surface area contributed by atoms with Gasteiger partial charge < -0.3 is 0 Å². The van der Waals surface area contributed by atoms with Crippen molar-refractivity contribution in [3.05, 3.63) is 53.3 Å². The summed E-state index contributed by atoms with van der Waals surface area (Å²) in [6.45, 7) is 0. The van der Waals surface area contributed by atoms with Gasteiger partial charge in [0.05, 0.1) is 0 Å². The first-order valence-electron chi connectivity index (χ1n) is 7.43. The van der Waals surface area contributed by atoms with Crippen molar-refractivity contribution < 1.29 is 4.39 Å². The van der Waals surface area contributed by atoms with Crippen molar-refractivity contribution in [3.63, 3.8) is 0 Å². The lowest BCUT2D eigenvalue weighted by Gasteiger charge is -2.11. The lowest BCUT2D eigenvalue weighted by Crippen LogP contribution is -1.98. The second-order valence-corrected chi connectivity index (χ2v) is 6.16. The number of hydrogen-bond acceptors (Lipinski definition) is 3. The number of aryl methyl sites for hydroxylation is 1. The molecule has 116 valence electrons. The third-order valence-corrected chi connectivity index (χ3v) is 4.25. The number of nitrogens with zero attached hydrogens (tertiary/aromatic N) is 4. The number of rotatable bonds is 3. The third-order valence-electron chi connectivity index (χ3n) is 4.05. The fourth-order valence-corrected chi connectivity index (χ4v) is 2.97. The third kappa shape index (κ3) is 2.72. The molecular formula is C17H14ClFN4. The lowest BCUT2D eigenvalue weighted by atomic mass is 9.98. The highest BCUT2D eigenvalue weighted by atomic mass is 35.5. The van der Waals surface area contributed by atoms with E-state index < -0.39 is 0 Å². The Bertz CT molecular complexity index is 886. The minimum Gasteiger partial charge on any atom is -0.249 e. The van der Waals surface area contributed by atoms with E-state index in [1.54, 1.807) is 23.9 Å². The van der Waals surface area contributed by atoms with Crippen molar-refractivity contribution in [2.45, 2.75) is 18.8 Å². The molecule has 23 heavy (non-hydrogen) atoms. The fourth-order valence-electron chi connectivity index (χ4n) is 2.75. The number of halogens is 2. The predicted octanol–water partition coefficient (Wildman–Crippen LogP) is 4.21. The molecule has 6 heteroatoms. The van der Waals surface area contributed by atoms with Crippen LogP contribution in [0.5, 0.6) is 0 Å². The van der Waals surface area contributed by atoms with Crippen LogP contribution in [0.15, 0.2) is 36.7 Å². The van der Waals surface area contributed by atoms with Crippen LogP contribution in [-0.4, -0.2) is 19.7 Å². The van der Waals surface area contributed by atoms with Crippen molar-refractivity contribution in [1.82, 2.24) is 19.7 Å². The van der Waals surface area contributed by atoms with E-state index in [9.17, 15) is 4.39 Å². The summed E-state index contributed by atoms with van der Waals surface area (Å²) >= 11 is 6.19. The maximum Gasteiger partial charge on any atom is 0.158 e. The average molecular weight is 329 g/mol. The van der Waals surface area contributed by atoms with Crippen LogP contribution in [0.25, 0.3) is 22.5 Å². The Morgan fingerprint density at radius 3 is 2.70 bits per heavy atom. The number of hydrogen-bond donors (Lipinski definition) is 0. The Balaban J connectivity index is 1.91. The molecule has 0 N–H and O–H groups in total. The largest absolute Gasteiger partial charge is 0.249 e. The summed E-state index contributed by atoms with van der Waals surface area (Å²) in [6, 6.07) is 8.52. The van der Waals surface area contributed by atoms with Crippen molar-refractivity contribution >= 4 is 11.6 Å². The molecule has 0 radical (unpaired) electrons. The molecule has 1 saturated carbocycles. The summed E-state index contributed by atoms with van der Waals surface area (Å²) in [5, 5.41) is 4.53. The molecule has 1 aliphatic carbocycles. The maximum atomic E-state index is 13.8. The first-order chi connectivity index (χ1) is 11.1. The van der Waals surface area contributed by atoms with Crippen LogP contribution in [0.3, 0.4) is 0 Å². The van der Waals surface area contributed by atoms with E-state index >= 15 is 0 Å². The number of aromatic nitrogens is 4. The quantitative estimate of drug-likeness (QED) is 0.676. The van der Waals surface area contributed by atoms with E-state index in [1.165, 1.54) is 18.5 Å². The maximum absolute atomic E-state index is 13.8. The van der Waals surface area contributed by atoms with Crippen molar-refractivity contribution in [2.75, 3.05) is 0 Å². The van der Waals surface area contributed by atoms with Crippen LogP contribution in [-0.2, 0) is 7.05 Å². The molecule has 0 amide bonds. The van der Waals surface area contributed by atoms with E-state index in [-0.39, 0.29) is 5.82 Å². The van der Waals surface area contributed by atoms with Gasteiger partial charge in [0, 0.05) is 24.2 Å². The Morgan fingerprint density at radius 2 is 2.00 bits per heavy atom. The van der Waals surface area contributed by atoms with Gasteiger partial charge in [-0.25, -0.2) is 19.0 Å². The molecule has 2 aromatic heterocycles. The molecule has 0 aliphatic heterocycles. The molecule has 0 unspecified atom stereocenters. The van der Waals surface area contributed by atoms with Crippen LogP contribution in [0.4, 0.5) is 4.39 Å². The summed E-state index contributed by atoms with van der Waals surface area (Å²) in [4.78, 5) is 8.65. The van der Waals surface area contributed by atoms with Gasteiger partial charge >= 0.3 is 0 Å². The summed E-state index contributed by atoms with van der Waals surface area (Å²) in [7, 11) is 1.78. The SMILES string of the molecule is Cn1ncnc1-c1cc(F)ccc1-c1cc(Cl)nc(C2CC2)c1. The zero-order valence-corrected chi connectivity index (χ0v) is 13.3. The van der Waals surface area contributed by atoms with E-state index in [0.29, 0.717) is 22.5 Å². The number of benzene rings is 1. The van der Waals surface area contributed by atoms with Gasteiger partial charge in [-0.15, -0.1) is 0 Å². The molecule has 0 spiro atoms. The Hall–Kier alpha value is -2.27. The Labute approximate surface area is 138 Å². The van der Waals surface area contributed by atoms with E-state index in [4.69, 9.17) is 11.6 Å². The van der Waals surface area contributed by atoms with E-state index in [2.05, 4.69) is 15.1 Å². The molecule has 4 rings (SSSR count). The van der Waals surface area contributed by atoms with Gasteiger partial charge in [0.15, 0.2) is 5.82 Å². The second-order valence-electron chi connectivity index (χ2n) is 5.77. The summed E-state index contributed by atoms with van der Waals surface area (Å²) in [5.41, 5.74) is 3.48. The number of pyridine rings is 1. The van der Waals surface area contributed by atoms with Gasteiger partial charge in [-0.05, 0) is 48.2 Å². The minimum absolute atomic E-state index is 0.311. The summed E-state index contributed by atoms with van der Waals surface area (Å²) in [6.07, 6.45) is 3.75. The first-order valence-corrected chi connectivity index (χ1v) is 7.81. The van der Waals surface area contributed by atoms with Crippen LogP contribution in [0.1, 0.15) is 24.5 Å². The zero-order chi connectivity index (χ0) is 16.0. The predicted molar refractivity (Wildman–Crippen MR) is 86.6 cm³/mol. The van der Waals surface area contributed by atoms with E-state index in [1.807, 2.05) is 6.07 Å². The summed E-state index contributed by atoms with van der Waals surface area (Å²) in [5.74, 6) is 0.793. The lowest BCUT2D eigenvalue weighted by molar-refractivity contribution is 0.628. The van der Waals surface area contributed by atoms with Gasteiger partial charge in [-0.3, -0.25) is 0 Å². The molecule has 2 heterocycles. The highest BCUT2D eigenvalue weighted by Crippen LogP contribution is 2.41. The highest BCUT2D eigenvalue weighted by molar-refractivity contribution is 6.29. The van der Waals surface area contributed by atoms with Crippen molar-refractivity contribution in [2.24, 2.45) is 7.05 Å². The molecule has 1 fully saturated rings. The summed E-state index contributed by atoms with van der Waals surface area (Å²) < 4.78 is 15.4. The zero-order valence-electron chi connectivity index (χ0n) is 12.5. The van der Waals surface area contributed by atoms with Gasteiger partial charge in [-0.1, -0.05) is 17.7 Å². The molecule has 0 saturated heterocycles. The van der Waals surface area contributed by atoms with Gasteiger partial charge in [0.1, 0.15) is 17.3 Å². The fraction of sp³-hybridized carbons (Fsp3) is 0.235. The van der Waals surface area contributed by atoms with Gasteiger partial charge in [0.25, 0.3) is 0 Å². The molecule has 1 aliphatic rings. The Kier molecular flexibility index (Phi) is 3.38. The second kappa shape index (κ2) is 5.42. The van der Waals surface area contributed by atoms with Gasteiger partial charge in [0.2, 0.25) is 0 Å². The first kappa shape index (κ1) is 14.3. The molecule has 0 atom stereocenters. The van der Waals surface area contributed by atoms with Crippen LogP contribution >= 0.6 is 11.6 Å². The van der Waals surface area contributed by atoms with Crippen molar-refractivity contribution in [1.29, 1.82) is 0 Å². The molecular weight excluding hydrogens is 315 g/mol. The van der Waals surface area contributed by atoms with Crippen molar-refractivity contribution in [3.8, 4) is 22.5 Å². The highest BCUT2D eigenvalue weighted by Gasteiger charge is 2.26. The van der Waals surface area contributed by atoms with Crippen LogP contribution in [0.2, 0.25) is 5.15 Å². The van der Waals surface area contributed by atoms with Gasteiger partial charge in [-0.2, -0.15) is 5.10 Å². The monoisotopic (exact) mass is 328 g/mol. The smallest absolute Gasteiger partial charge is 0.158 e. The topological polar surface area (TPSA) is 43.6 Å². The average Bonchev–Trinajstić information content (AvgIpc) is 3.28. The molecule has 3 aromatic rings. The molecule has 4 nitrogen and oxygen atoms in total. The normalized spacial score (nSPS) is 14.2. The minimum atomic E-state index is -0.311.